The lowest BCUT2D eigenvalue weighted by Gasteiger charge is -2.10. The molecule has 9 heteroatoms. The summed E-state index contributed by atoms with van der Waals surface area (Å²) in [7, 11) is -3.64. The molecule has 1 saturated carbocycles. The van der Waals surface area contributed by atoms with Crippen LogP contribution in [0.3, 0.4) is 0 Å². The van der Waals surface area contributed by atoms with Crippen LogP contribution in [0.1, 0.15) is 28.8 Å². The second-order valence-corrected chi connectivity index (χ2v) is 9.75. The Hall–Kier alpha value is -3.46. The Labute approximate surface area is 191 Å². The molecule has 2 aromatic carbocycles. The topological polar surface area (TPSA) is 94.6 Å². The van der Waals surface area contributed by atoms with Crippen molar-refractivity contribution < 1.29 is 27.1 Å². The number of benzene rings is 2. The third-order valence-corrected chi connectivity index (χ3v) is 5.54. The number of hydrogen-bond donors (Lipinski definition) is 1. The number of sulfonamides is 1. The van der Waals surface area contributed by atoms with Crippen molar-refractivity contribution in [2.24, 2.45) is 5.92 Å². The van der Waals surface area contributed by atoms with Gasteiger partial charge in [-0.15, -0.1) is 0 Å². The van der Waals surface area contributed by atoms with E-state index in [1.54, 1.807) is 30.5 Å². The lowest BCUT2D eigenvalue weighted by atomic mass is 10.1. The van der Waals surface area contributed by atoms with E-state index in [9.17, 15) is 17.6 Å². The van der Waals surface area contributed by atoms with E-state index in [4.69, 9.17) is 9.47 Å². The van der Waals surface area contributed by atoms with Crippen LogP contribution in [0.25, 0.3) is 11.3 Å². The van der Waals surface area contributed by atoms with Crippen LogP contribution in [-0.2, 0) is 16.6 Å². The molecule has 1 heterocycles. The number of ether oxygens (including phenoxy) is 2. The van der Waals surface area contributed by atoms with Crippen molar-refractivity contribution in [3.63, 3.8) is 0 Å². The minimum absolute atomic E-state index is 0.137. The molecule has 172 valence electrons. The zero-order valence-electron chi connectivity index (χ0n) is 18.0. The van der Waals surface area contributed by atoms with Gasteiger partial charge in [0.1, 0.15) is 23.9 Å². The summed E-state index contributed by atoms with van der Waals surface area (Å²) in [6.45, 7) is 0.834. The highest BCUT2D eigenvalue weighted by Crippen LogP contribution is 2.30. The molecule has 1 N–H and O–H groups in total. The number of aromatic nitrogens is 1. The number of rotatable bonds is 9. The molecular formula is C24H23FN2O5S. The summed E-state index contributed by atoms with van der Waals surface area (Å²) in [5.74, 6) is 0.503. The van der Waals surface area contributed by atoms with Crippen molar-refractivity contribution in [1.29, 1.82) is 0 Å². The average molecular weight is 471 g/mol. The fourth-order valence-electron chi connectivity index (χ4n) is 3.08. The van der Waals surface area contributed by atoms with Gasteiger partial charge in [0, 0.05) is 17.2 Å². The third kappa shape index (κ3) is 6.76. The normalized spacial score (nSPS) is 13.4. The van der Waals surface area contributed by atoms with Gasteiger partial charge in [-0.2, -0.15) is 0 Å². The standard InChI is InChI=1S/C24H23FN2O5S/c1-33(29,30)27-24(28)18-6-4-17(5-7-18)15-32-22-11-19(10-20(25)12-22)23-9-8-21(13-26-23)31-14-16-2-3-16/h4-13,16H,2-3,14-15H2,1H3,(H,27,28). The van der Waals surface area contributed by atoms with Crippen molar-refractivity contribution >= 4 is 15.9 Å². The maximum atomic E-state index is 14.2. The highest BCUT2D eigenvalue weighted by Gasteiger charge is 2.21. The number of halogens is 1. The minimum Gasteiger partial charge on any atom is -0.492 e. The number of nitrogens with one attached hydrogen (secondary N) is 1. The first kappa shape index (κ1) is 22.7. The minimum atomic E-state index is -3.64. The molecule has 3 aromatic rings. The van der Waals surface area contributed by atoms with E-state index in [-0.39, 0.29) is 12.2 Å². The molecule has 1 aliphatic rings. The van der Waals surface area contributed by atoms with Crippen LogP contribution in [0.4, 0.5) is 4.39 Å². The van der Waals surface area contributed by atoms with Gasteiger partial charge in [-0.05, 0) is 60.7 Å². The Bertz CT molecular complexity index is 1240. The molecule has 1 aliphatic carbocycles. The molecule has 7 nitrogen and oxygen atoms in total. The Morgan fingerprint density at radius 2 is 1.82 bits per heavy atom. The Morgan fingerprint density at radius 3 is 2.45 bits per heavy atom. The maximum absolute atomic E-state index is 14.2. The predicted octanol–water partition coefficient (Wildman–Crippen LogP) is 3.94. The second-order valence-electron chi connectivity index (χ2n) is 8.00. The molecule has 0 radical (unpaired) electrons. The summed E-state index contributed by atoms with van der Waals surface area (Å²) in [5.41, 5.74) is 2.10. The molecule has 1 amide bonds. The molecular weight excluding hydrogens is 447 g/mol. The summed E-state index contributed by atoms with van der Waals surface area (Å²) in [6, 6.07) is 14.2. The predicted molar refractivity (Wildman–Crippen MR) is 121 cm³/mol. The number of carbonyl (C=O) groups excluding carboxylic acids is 1. The summed E-state index contributed by atoms with van der Waals surface area (Å²) in [5, 5.41) is 0. The van der Waals surface area contributed by atoms with Gasteiger partial charge in [-0.25, -0.2) is 17.5 Å². The number of carbonyl (C=O) groups is 1. The SMILES string of the molecule is CS(=O)(=O)NC(=O)c1ccc(COc2cc(F)cc(-c3ccc(OCC4CC4)cn3)c2)cc1. The highest BCUT2D eigenvalue weighted by molar-refractivity contribution is 7.89. The largest absolute Gasteiger partial charge is 0.492 e. The van der Waals surface area contributed by atoms with Crippen molar-refractivity contribution in [1.82, 2.24) is 9.71 Å². The van der Waals surface area contributed by atoms with Crippen LogP contribution < -0.4 is 14.2 Å². The fraction of sp³-hybridized carbons (Fsp3) is 0.250. The smallest absolute Gasteiger partial charge is 0.264 e. The fourth-order valence-corrected chi connectivity index (χ4v) is 3.53. The first-order valence-corrected chi connectivity index (χ1v) is 12.3. The van der Waals surface area contributed by atoms with Gasteiger partial charge in [0.25, 0.3) is 5.91 Å². The molecule has 1 fully saturated rings. The molecule has 0 atom stereocenters. The molecule has 1 aromatic heterocycles. The van der Waals surface area contributed by atoms with Gasteiger partial charge >= 0.3 is 0 Å². The van der Waals surface area contributed by atoms with Gasteiger partial charge in [0.15, 0.2) is 0 Å². The Kier molecular flexibility index (Phi) is 6.60. The summed E-state index contributed by atoms with van der Waals surface area (Å²) in [6.07, 6.45) is 4.96. The molecule has 0 bridgehead atoms. The zero-order valence-corrected chi connectivity index (χ0v) is 18.8. The van der Waals surface area contributed by atoms with E-state index in [1.807, 2.05) is 10.8 Å². The van der Waals surface area contributed by atoms with E-state index in [0.29, 0.717) is 35.3 Å². The van der Waals surface area contributed by atoms with E-state index in [0.717, 1.165) is 11.8 Å². The van der Waals surface area contributed by atoms with E-state index < -0.39 is 21.7 Å². The first-order chi connectivity index (χ1) is 15.7. The monoisotopic (exact) mass is 470 g/mol. The number of amides is 1. The van der Waals surface area contributed by atoms with Gasteiger partial charge in [0.2, 0.25) is 10.0 Å². The van der Waals surface area contributed by atoms with Crippen LogP contribution in [0.2, 0.25) is 0 Å². The van der Waals surface area contributed by atoms with Crippen molar-refractivity contribution in [3.05, 3.63) is 77.7 Å². The number of hydrogen-bond acceptors (Lipinski definition) is 6. The molecule has 0 saturated heterocycles. The zero-order chi connectivity index (χ0) is 23.4. The van der Waals surface area contributed by atoms with Crippen LogP contribution in [0.5, 0.6) is 11.5 Å². The Balaban J connectivity index is 1.39. The second kappa shape index (κ2) is 9.58. The van der Waals surface area contributed by atoms with Gasteiger partial charge in [-0.1, -0.05) is 12.1 Å². The van der Waals surface area contributed by atoms with Crippen molar-refractivity contribution in [2.45, 2.75) is 19.4 Å². The molecule has 0 unspecified atom stereocenters. The molecule has 0 aliphatic heterocycles. The lowest BCUT2D eigenvalue weighted by Crippen LogP contribution is -2.29. The van der Waals surface area contributed by atoms with E-state index in [2.05, 4.69) is 4.98 Å². The van der Waals surface area contributed by atoms with Crippen LogP contribution in [0.15, 0.2) is 60.8 Å². The number of nitrogens with zero attached hydrogens (tertiary/aromatic N) is 1. The van der Waals surface area contributed by atoms with Crippen LogP contribution in [0, 0.1) is 11.7 Å². The van der Waals surface area contributed by atoms with Gasteiger partial charge in [0.05, 0.1) is 24.8 Å². The maximum Gasteiger partial charge on any atom is 0.264 e. The first-order valence-electron chi connectivity index (χ1n) is 10.4. The summed E-state index contributed by atoms with van der Waals surface area (Å²) >= 11 is 0. The van der Waals surface area contributed by atoms with Crippen molar-refractivity contribution in [2.75, 3.05) is 12.9 Å². The lowest BCUT2D eigenvalue weighted by molar-refractivity contribution is 0.0981. The van der Waals surface area contributed by atoms with Crippen LogP contribution in [-0.4, -0.2) is 32.2 Å². The molecule has 0 spiro atoms. The van der Waals surface area contributed by atoms with E-state index >= 15 is 0 Å². The highest BCUT2D eigenvalue weighted by atomic mass is 32.2. The van der Waals surface area contributed by atoms with E-state index in [1.165, 1.54) is 37.1 Å². The summed E-state index contributed by atoms with van der Waals surface area (Å²) in [4.78, 5) is 16.2. The number of pyridine rings is 1. The Morgan fingerprint density at radius 1 is 1.06 bits per heavy atom. The van der Waals surface area contributed by atoms with Gasteiger partial charge in [-0.3, -0.25) is 9.78 Å². The quantitative estimate of drug-likeness (QED) is 0.509. The summed E-state index contributed by atoms with van der Waals surface area (Å²) < 4.78 is 49.9. The van der Waals surface area contributed by atoms with Gasteiger partial charge < -0.3 is 9.47 Å². The average Bonchev–Trinajstić information content (AvgIpc) is 3.60. The molecule has 4 rings (SSSR count). The van der Waals surface area contributed by atoms with Crippen molar-refractivity contribution in [3.8, 4) is 22.8 Å². The van der Waals surface area contributed by atoms with Crippen LogP contribution >= 0.6 is 0 Å². The molecule has 33 heavy (non-hydrogen) atoms. The third-order valence-electron chi connectivity index (χ3n) is 4.99.